The quantitative estimate of drug-likeness (QED) is 0.689. The van der Waals surface area contributed by atoms with E-state index in [1.165, 1.54) is 11.1 Å². The zero-order valence-corrected chi connectivity index (χ0v) is 11.0. The van der Waals surface area contributed by atoms with Crippen molar-refractivity contribution in [1.82, 2.24) is 0 Å². The molecule has 0 aromatic heterocycles. The number of ether oxygens (including phenoxy) is 1. The Kier molecular flexibility index (Phi) is 4.17. The van der Waals surface area contributed by atoms with Crippen LogP contribution >= 0.6 is 0 Å². The highest BCUT2D eigenvalue weighted by molar-refractivity contribution is 5.44. The van der Waals surface area contributed by atoms with Gasteiger partial charge in [-0.1, -0.05) is 51.1 Å². The summed E-state index contributed by atoms with van der Waals surface area (Å²) in [6.07, 6.45) is 4.04. The molecule has 1 rings (SSSR count). The van der Waals surface area contributed by atoms with Gasteiger partial charge in [-0.3, -0.25) is 0 Å². The van der Waals surface area contributed by atoms with Gasteiger partial charge in [-0.15, -0.1) is 0 Å². The summed E-state index contributed by atoms with van der Waals surface area (Å²) in [6.45, 7) is 11.4. The lowest BCUT2D eigenvalue weighted by Crippen LogP contribution is -2.14. The number of hydrogen-bond acceptors (Lipinski definition) is 1. The molecular weight excluding hydrogens is 196 g/mol. The summed E-state index contributed by atoms with van der Waals surface area (Å²) >= 11 is 0. The molecule has 0 aliphatic heterocycles. The van der Waals surface area contributed by atoms with Crippen molar-refractivity contribution < 1.29 is 4.74 Å². The van der Waals surface area contributed by atoms with Crippen LogP contribution in [0.2, 0.25) is 0 Å². The third kappa shape index (κ3) is 3.13. The molecule has 1 nitrogen and oxygen atoms in total. The molecule has 16 heavy (non-hydrogen) atoms. The Bertz CT molecular complexity index is 370. The Morgan fingerprint density at radius 2 is 1.94 bits per heavy atom. The molecule has 0 aliphatic carbocycles. The van der Waals surface area contributed by atoms with Gasteiger partial charge in [0.2, 0.25) is 0 Å². The molecule has 0 radical (unpaired) electrons. The Labute approximate surface area is 99.1 Å². The van der Waals surface area contributed by atoms with Gasteiger partial charge in [0.15, 0.2) is 0 Å². The van der Waals surface area contributed by atoms with E-state index < -0.39 is 0 Å². The van der Waals surface area contributed by atoms with Crippen molar-refractivity contribution in [2.75, 3.05) is 6.61 Å². The Morgan fingerprint density at radius 3 is 2.50 bits per heavy atom. The summed E-state index contributed by atoms with van der Waals surface area (Å²) in [5.74, 6) is 1.04. The van der Waals surface area contributed by atoms with Gasteiger partial charge in [0.1, 0.15) is 12.4 Å². The van der Waals surface area contributed by atoms with E-state index in [4.69, 9.17) is 4.74 Å². The maximum Gasteiger partial charge on any atom is 0.126 e. The molecule has 0 saturated carbocycles. The minimum atomic E-state index is 0.122. The number of allylic oxidation sites excluding steroid dienone is 1. The van der Waals surface area contributed by atoms with Gasteiger partial charge >= 0.3 is 0 Å². The van der Waals surface area contributed by atoms with Crippen molar-refractivity contribution in [3.8, 4) is 5.75 Å². The van der Waals surface area contributed by atoms with Gasteiger partial charge in [0.05, 0.1) is 0 Å². The third-order valence-electron chi connectivity index (χ3n) is 2.58. The minimum absolute atomic E-state index is 0.122. The molecule has 1 aromatic rings. The number of rotatable bonds is 3. The van der Waals surface area contributed by atoms with E-state index in [0.29, 0.717) is 6.61 Å². The lowest BCUT2D eigenvalue weighted by molar-refractivity contribution is 0.348. The van der Waals surface area contributed by atoms with E-state index in [-0.39, 0.29) is 5.41 Å². The molecule has 0 saturated heterocycles. The molecule has 0 spiro atoms. The molecular formula is C15H22O. The molecule has 0 fully saturated rings. The lowest BCUT2D eigenvalue weighted by atomic mass is 9.85. The number of hydrogen-bond donors (Lipinski definition) is 0. The van der Waals surface area contributed by atoms with Gasteiger partial charge in [-0.05, 0) is 30.4 Å². The highest BCUT2D eigenvalue weighted by Crippen LogP contribution is 2.33. The summed E-state index contributed by atoms with van der Waals surface area (Å²) in [6, 6.07) is 6.34. The zero-order chi connectivity index (χ0) is 12.2. The van der Waals surface area contributed by atoms with Crippen LogP contribution in [-0.2, 0) is 5.41 Å². The van der Waals surface area contributed by atoms with Crippen LogP contribution in [0.3, 0.4) is 0 Å². The van der Waals surface area contributed by atoms with Crippen molar-refractivity contribution in [2.45, 2.75) is 40.0 Å². The highest BCUT2D eigenvalue weighted by Gasteiger charge is 2.19. The summed E-state index contributed by atoms with van der Waals surface area (Å²) < 4.78 is 5.85. The van der Waals surface area contributed by atoms with E-state index in [9.17, 15) is 0 Å². The molecule has 88 valence electrons. The second-order valence-corrected chi connectivity index (χ2v) is 5.08. The van der Waals surface area contributed by atoms with Gasteiger partial charge in [0.25, 0.3) is 0 Å². The summed E-state index contributed by atoms with van der Waals surface area (Å²) in [7, 11) is 0. The fourth-order valence-electron chi connectivity index (χ4n) is 1.66. The van der Waals surface area contributed by atoms with Gasteiger partial charge in [0, 0.05) is 0 Å². The summed E-state index contributed by atoms with van der Waals surface area (Å²) in [4.78, 5) is 0. The van der Waals surface area contributed by atoms with Crippen molar-refractivity contribution >= 4 is 0 Å². The first-order chi connectivity index (χ1) is 7.46. The van der Waals surface area contributed by atoms with E-state index in [2.05, 4.69) is 45.9 Å². The Hall–Kier alpha value is -1.24. The van der Waals surface area contributed by atoms with E-state index in [1.54, 1.807) is 0 Å². The van der Waals surface area contributed by atoms with Crippen LogP contribution in [0.25, 0.3) is 0 Å². The second-order valence-electron chi connectivity index (χ2n) is 5.08. The normalized spacial score (nSPS) is 12.1. The summed E-state index contributed by atoms with van der Waals surface area (Å²) in [5, 5.41) is 0. The average molecular weight is 218 g/mol. The highest BCUT2D eigenvalue weighted by atomic mass is 16.5. The average Bonchev–Trinajstić information content (AvgIpc) is 2.19. The standard InChI is InChI=1S/C15H22O/c1-6-7-11-16-14-12(2)9-8-10-13(14)15(3,4)5/h6-10H,11H2,1-5H3. The third-order valence-corrected chi connectivity index (χ3v) is 2.58. The predicted octanol–water partition coefficient (Wildman–Crippen LogP) is 4.25. The number of aryl methyl sites for hydroxylation is 1. The first-order valence-electron chi connectivity index (χ1n) is 5.81. The molecule has 0 N–H and O–H groups in total. The monoisotopic (exact) mass is 218 g/mol. The first-order valence-corrected chi connectivity index (χ1v) is 5.81. The fraction of sp³-hybridized carbons (Fsp3) is 0.467. The molecule has 0 amide bonds. The molecule has 0 atom stereocenters. The number of benzene rings is 1. The summed E-state index contributed by atoms with van der Waals surface area (Å²) in [5.41, 5.74) is 2.60. The molecule has 0 unspecified atom stereocenters. The molecule has 0 bridgehead atoms. The number of para-hydroxylation sites is 1. The van der Waals surface area contributed by atoms with E-state index in [0.717, 1.165) is 5.75 Å². The van der Waals surface area contributed by atoms with Crippen LogP contribution in [0.4, 0.5) is 0 Å². The van der Waals surface area contributed by atoms with Crippen LogP contribution < -0.4 is 4.74 Å². The maximum absolute atomic E-state index is 5.85. The molecule has 0 heterocycles. The van der Waals surface area contributed by atoms with E-state index in [1.807, 2.05) is 19.1 Å². The smallest absolute Gasteiger partial charge is 0.126 e. The van der Waals surface area contributed by atoms with Crippen molar-refractivity contribution in [1.29, 1.82) is 0 Å². The molecule has 0 aliphatic rings. The Balaban J connectivity index is 3.04. The van der Waals surface area contributed by atoms with Gasteiger partial charge < -0.3 is 4.74 Å². The molecule has 1 aromatic carbocycles. The topological polar surface area (TPSA) is 9.23 Å². The Morgan fingerprint density at radius 1 is 1.25 bits per heavy atom. The minimum Gasteiger partial charge on any atom is -0.489 e. The maximum atomic E-state index is 5.85. The van der Waals surface area contributed by atoms with Crippen molar-refractivity contribution in [3.05, 3.63) is 41.5 Å². The van der Waals surface area contributed by atoms with Gasteiger partial charge in [-0.25, -0.2) is 0 Å². The van der Waals surface area contributed by atoms with Crippen LogP contribution in [0, 0.1) is 6.92 Å². The van der Waals surface area contributed by atoms with Crippen molar-refractivity contribution in [2.24, 2.45) is 0 Å². The predicted molar refractivity (Wildman–Crippen MR) is 70.2 cm³/mol. The van der Waals surface area contributed by atoms with Gasteiger partial charge in [-0.2, -0.15) is 0 Å². The van der Waals surface area contributed by atoms with Crippen LogP contribution in [0.1, 0.15) is 38.8 Å². The van der Waals surface area contributed by atoms with Crippen molar-refractivity contribution in [3.63, 3.8) is 0 Å². The largest absolute Gasteiger partial charge is 0.489 e. The second kappa shape index (κ2) is 5.20. The van der Waals surface area contributed by atoms with Crippen LogP contribution in [0.15, 0.2) is 30.4 Å². The lowest BCUT2D eigenvalue weighted by Gasteiger charge is -2.23. The van der Waals surface area contributed by atoms with E-state index >= 15 is 0 Å². The fourth-order valence-corrected chi connectivity index (χ4v) is 1.66. The molecule has 1 heteroatoms. The first kappa shape index (κ1) is 12.8. The van der Waals surface area contributed by atoms with Crippen LogP contribution in [-0.4, -0.2) is 6.61 Å². The SMILES string of the molecule is CC=CCOc1c(C)cccc1C(C)(C)C. The van der Waals surface area contributed by atoms with Crippen LogP contribution in [0.5, 0.6) is 5.75 Å². The zero-order valence-electron chi connectivity index (χ0n) is 11.0.